The van der Waals surface area contributed by atoms with E-state index in [0.717, 1.165) is 25.1 Å². The summed E-state index contributed by atoms with van der Waals surface area (Å²) in [6.07, 6.45) is 1.02. The fourth-order valence-corrected chi connectivity index (χ4v) is 2.49. The molecule has 0 spiro atoms. The van der Waals surface area contributed by atoms with Crippen molar-refractivity contribution in [2.75, 3.05) is 13.1 Å². The molecule has 2 aromatic rings. The minimum absolute atomic E-state index is 0.259. The van der Waals surface area contributed by atoms with Crippen LogP contribution in [0.5, 0.6) is 0 Å². The first-order chi connectivity index (χ1) is 9.22. The molecule has 1 aromatic heterocycles. The number of nitrogens with two attached hydrogens (primary N) is 1. The zero-order valence-electron chi connectivity index (χ0n) is 10.4. The normalized spacial score (nSPS) is 20.0. The van der Waals surface area contributed by atoms with E-state index in [1.165, 1.54) is 0 Å². The predicted molar refractivity (Wildman–Crippen MR) is 72.6 cm³/mol. The van der Waals surface area contributed by atoms with Crippen molar-refractivity contribution in [1.82, 2.24) is 15.0 Å². The Labute approximate surface area is 116 Å². The molecule has 1 atom stereocenters. The Morgan fingerprint density at radius 2 is 2.26 bits per heavy atom. The van der Waals surface area contributed by atoms with Gasteiger partial charge in [-0.2, -0.15) is 4.98 Å². The van der Waals surface area contributed by atoms with Gasteiger partial charge in [-0.3, -0.25) is 4.90 Å². The highest BCUT2D eigenvalue weighted by Crippen LogP contribution is 2.26. The van der Waals surface area contributed by atoms with Gasteiger partial charge in [0.15, 0.2) is 5.82 Å². The smallest absolute Gasteiger partial charge is 0.259 e. The Hall–Kier alpha value is -1.43. The van der Waals surface area contributed by atoms with Crippen molar-refractivity contribution in [3.8, 4) is 11.5 Å². The van der Waals surface area contributed by atoms with Crippen LogP contribution in [0.2, 0.25) is 5.02 Å². The summed E-state index contributed by atoms with van der Waals surface area (Å²) in [7, 11) is 0. The molecule has 5 nitrogen and oxygen atoms in total. The van der Waals surface area contributed by atoms with Gasteiger partial charge in [0.05, 0.1) is 17.1 Å². The maximum Gasteiger partial charge on any atom is 0.259 e. The van der Waals surface area contributed by atoms with Gasteiger partial charge in [-0.1, -0.05) is 28.9 Å². The molecule has 0 unspecified atom stereocenters. The third-order valence-electron chi connectivity index (χ3n) is 3.25. The molecule has 1 fully saturated rings. The molecule has 1 saturated heterocycles. The van der Waals surface area contributed by atoms with Gasteiger partial charge in [0.2, 0.25) is 0 Å². The summed E-state index contributed by atoms with van der Waals surface area (Å²) in [6.45, 7) is 2.54. The van der Waals surface area contributed by atoms with E-state index in [0.29, 0.717) is 23.3 Å². The van der Waals surface area contributed by atoms with E-state index in [1.54, 1.807) is 6.07 Å². The van der Waals surface area contributed by atoms with E-state index >= 15 is 0 Å². The van der Waals surface area contributed by atoms with Crippen LogP contribution in [-0.2, 0) is 6.54 Å². The van der Waals surface area contributed by atoms with Crippen LogP contribution in [0.15, 0.2) is 28.8 Å². The van der Waals surface area contributed by atoms with Gasteiger partial charge in [-0.25, -0.2) is 0 Å². The third-order valence-corrected chi connectivity index (χ3v) is 3.58. The topological polar surface area (TPSA) is 68.2 Å². The van der Waals surface area contributed by atoms with E-state index in [4.69, 9.17) is 21.9 Å². The lowest BCUT2D eigenvalue weighted by Crippen LogP contribution is -2.26. The average Bonchev–Trinajstić information content (AvgIpc) is 3.00. The Morgan fingerprint density at radius 1 is 1.42 bits per heavy atom. The molecule has 1 aliphatic heterocycles. The Kier molecular flexibility index (Phi) is 3.50. The number of likely N-dealkylation sites (tertiary alicyclic amines) is 1. The molecular formula is C13H15ClN4O. The first kappa shape index (κ1) is 12.6. The average molecular weight is 279 g/mol. The Balaban J connectivity index is 1.75. The van der Waals surface area contributed by atoms with Crippen molar-refractivity contribution in [3.05, 3.63) is 35.1 Å². The van der Waals surface area contributed by atoms with E-state index in [9.17, 15) is 0 Å². The first-order valence-corrected chi connectivity index (χ1v) is 6.65. The zero-order chi connectivity index (χ0) is 13.2. The SMILES string of the molecule is N[C@@H]1CCN(Cc2noc(-c3ccccc3Cl)n2)C1. The molecule has 2 heterocycles. The van der Waals surface area contributed by atoms with Crippen LogP contribution >= 0.6 is 11.6 Å². The lowest BCUT2D eigenvalue weighted by molar-refractivity contribution is 0.309. The van der Waals surface area contributed by atoms with E-state index < -0.39 is 0 Å². The molecule has 100 valence electrons. The number of hydrogen-bond donors (Lipinski definition) is 1. The van der Waals surface area contributed by atoms with Gasteiger partial charge in [-0.05, 0) is 18.6 Å². The van der Waals surface area contributed by atoms with E-state index in [2.05, 4.69) is 15.0 Å². The quantitative estimate of drug-likeness (QED) is 0.929. The largest absolute Gasteiger partial charge is 0.334 e. The summed E-state index contributed by atoms with van der Waals surface area (Å²) >= 11 is 6.10. The van der Waals surface area contributed by atoms with E-state index in [1.807, 2.05) is 18.2 Å². The predicted octanol–water partition coefficient (Wildman–Crippen LogP) is 1.92. The number of hydrogen-bond acceptors (Lipinski definition) is 5. The van der Waals surface area contributed by atoms with Gasteiger partial charge in [0.1, 0.15) is 0 Å². The fraction of sp³-hybridized carbons (Fsp3) is 0.385. The maximum atomic E-state index is 6.10. The molecule has 3 rings (SSSR count). The van der Waals surface area contributed by atoms with Crippen LogP contribution in [0.25, 0.3) is 11.5 Å². The van der Waals surface area contributed by atoms with Gasteiger partial charge < -0.3 is 10.3 Å². The molecule has 1 aromatic carbocycles. The van der Waals surface area contributed by atoms with Crippen molar-refractivity contribution in [2.45, 2.75) is 19.0 Å². The summed E-state index contributed by atoms with van der Waals surface area (Å²) in [5.41, 5.74) is 6.64. The number of nitrogens with zero attached hydrogens (tertiary/aromatic N) is 3. The van der Waals surface area contributed by atoms with Crippen LogP contribution in [0, 0.1) is 0 Å². The Bertz CT molecular complexity index is 571. The lowest BCUT2D eigenvalue weighted by atomic mass is 10.2. The summed E-state index contributed by atoms with van der Waals surface area (Å²) in [6, 6.07) is 7.69. The second kappa shape index (κ2) is 5.28. The fourth-order valence-electron chi connectivity index (χ4n) is 2.27. The molecule has 0 saturated carbocycles. The standard InChI is InChI=1S/C13H15ClN4O/c14-11-4-2-1-3-10(11)13-16-12(17-19-13)8-18-6-5-9(15)7-18/h1-4,9H,5-8,15H2/t9-/m1/s1. The number of rotatable bonds is 3. The van der Waals surface area contributed by atoms with Crippen LogP contribution in [0.3, 0.4) is 0 Å². The highest BCUT2D eigenvalue weighted by Gasteiger charge is 2.21. The number of benzene rings is 1. The molecule has 0 bridgehead atoms. The molecule has 2 N–H and O–H groups in total. The van der Waals surface area contributed by atoms with E-state index in [-0.39, 0.29) is 6.04 Å². The second-order valence-electron chi connectivity index (χ2n) is 4.78. The summed E-state index contributed by atoms with van der Waals surface area (Å²) in [5.74, 6) is 1.13. The van der Waals surface area contributed by atoms with Crippen LogP contribution in [0.1, 0.15) is 12.2 Å². The molecule has 1 aliphatic rings. The van der Waals surface area contributed by atoms with Crippen molar-refractivity contribution in [2.24, 2.45) is 5.73 Å². The van der Waals surface area contributed by atoms with Crippen LogP contribution in [-0.4, -0.2) is 34.2 Å². The molecule has 0 aliphatic carbocycles. The molecule has 6 heteroatoms. The Morgan fingerprint density at radius 3 is 3.00 bits per heavy atom. The minimum atomic E-state index is 0.259. The van der Waals surface area contributed by atoms with Gasteiger partial charge >= 0.3 is 0 Å². The highest BCUT2D eigenvalue weighted by molar-refractivity contribution is 6.33. The third kappa shape index (κ3) is 2.78. The summed E-state index contributed by atoms with van der Waals surface area (Å²) in [4.78, 5) is 6.61. The second-order valence-corrected chi connectivity index (χ2v) is 5.19. The molecule has 19 heavy (non-hydrogen) atoms. The minimum Gasteiger partial charge on any atom is -0.334 e. The molecule has 0 amide bonds. The van der Waals surface area contributed by atoms with Gasteiger partial charge in [0, 0.05) is 19.1 Å². The maximum absolute atomic E-state index is 6.10. The van der Waals surface area contributed by atoms with Crippen molar-refractivity contribution in [3.63, 3.8) is 0 Å². The van der Waals surface area contributed by atoms with Crippen molar-refractivity contribution in [1.29, 1.82) is 0 Å². The first-order valence-electron chi connectivity index (χ1n) is 6.28. The highest BCUT2D eigenvalue weighted by atomic mass is 35.5. The summed E-state index contributed by atoms with van der Waals surface area (Å²) < 4.78 is 5.27. The van der Waals surface area contributed by atoms with Crippen LogP contribution < -0.4 is 5.73 Å². The molecular weight excluding hydrogens is 264 g/mol. The summed E-state index contributed by atoms with van der Waals surface area (Å²) in [5, 5.41) is 4.61. The zero-order valence-corrected chi connectivity index (χ0v) is 11.2. The van der Waals surface area contributed by atoms with Crippen LogP contribution in [0.4, 0.5) is 0 Å². The van der Waals surface area contributed by atoms with Crippen molar-refractivity contribution < 1.29 is 4.52 Å². The number of halogens is 1. The monoisotopic (exact) mass is 278 g/mol. The van der Waals surface area contributed by atoms with Crippen molar-refractivity contribution >= 4 is 11.6 Å². The van der Waals surface area contributed by atoms with Gasteiger partial charge in [-0.15, -0.1) is 0 Å². The van der Waals surface area contributed by atoms with Gasteiger partial charge in [0.25, 0.3) is 5.89 Å². The number of aromatic nitrogens is 2. The lowest BCUT2D eigenvalue weighted by Gasteiger charge is -2.11. The molecule has 0 radical (unpaired) electrons.